The fourth-order valence-electron chi connectivity index (χ4n) is 3.35. The van der Waals surface area contributed by atoms with Crippen LogP contribution in [0.1, 0.15) is 38.2 Å². The van der Waals surface area contributed by atoms with E-state index in [1.165, 1.54) is 38.2 Å². The maximum atomic E-state index is 11.0. The number of amides is 1. The van der Waals surface area contributed by atoms with Gasteiger partial charge in [0.05, 0.1) is 0 Å². The van der Waals surface area contributed by atoms with Gasteiger partial charge in [-0.15, -0.1) is 0 Å². The van der Waals surface area contributed by atoms with E-state index in [1.54, 1.807) is 0 Å². The molecule has 1 aromatic rings. The first kappa shape index (κ1) is 16.0. The SMILES string of the molecule is CC(=O)Nc1ccc(CN(C)C2CCCCC2CN)cc1. The lowest BCUT2D eigenvalue weighted by molar-refractivity contribution is -0.114. The van der Waals surface area contributed by atoms with Crippen LogP contribution in [-0.2, 0) is 11.3 Å². The Morgan fingerprint density at radius 2 is 1.95 bits per heavy atom. The molecule has 1 saturated carbocycles. The third kappa shape index (κ3) is 4.55. The van der Waals surface area contributed by atoms with E-state index in [1.807, 2.05) is 12.1 Å². The molecule has 116 valence electrons. The molecule has 21 heavy (non-hydrogen) atoms. The number of anilines is 1. The van der Waals surface area contributed by atoms with Gasteiger partial charge in [0.15, 0.2) is 0 Å². The molecule has 4 heteroatoms. The zero-order chi connectivity index (χ0) is 15.2. The smallest absolute Gasteiger partial charge is 0.221 e. The summed E-state index contributed by atoms with van der Waals surface area (Å²) in [4.78, 5) is 13.5. The summed E-state index contributed by atoms with van der Waals surface area (Å²) in [5.41, 5.74) is 8.05. The van der Waals surface area contributed by atoms with Crippen LogP contribution in [0.5, 0.6) is 0 Å². The van der Waals surface area contributed by atoms with Gasteiger partial charge in [-0.05, 0) is 50.0 Å². The van der Waals surface area contributed by atoms with Gasteiger partial charge in [0.1, 0.15) is 0 Å². The highest BCUT2D eigenvalue weighted by atomic mass is 16.1. The van der Waals surface area contributed by atoms with Gasteiger partial charge in [-0.25, -0.2) is 0 Å². The van der Waals surface area contributed by atoms with E-state index in [0.29, 0.717) is 12.0 Å². The molecule has 2 atom stereocenters. The zero-order valence-corrected chi connectivity index (χ0v) is 13.1. The van der Waals surface area contributed by atoms with Crippen LogP contribution in [0.2, 0.25) is 0 Å². The highest BCUT2D eigenvalue weighted by molar-refractivity contribution is 5.88. The van der Waals surface area contributed by atoms with Gasteiger partial charge in [-0.3, -0.25) is 9.69 Å². The molecule has 0 heterocycles. The summed E-state index contributed by atoms with van der Waals surface area (Å²) in [6.07, 6.45) is 5.14. The Morgan fingerprint density at radius 3 is 2.57 bits per heavy atom. The summed E-state index contributed by atoms with van der Waals surface area (Å²) in [5.74, 6) is 0.593. The predicted octanol–water partition coefficient (Wildman–Crippen LogP) is 2.59. The molecule has 4 nitrogen and oxygen atoms in total. The maximum absolute atomic E-state index is 11.0. The van der Waals surface area contributed by atoms with Crippen molar-refractivity contribution in [1.29, 1.82) is 0 Å². The summed E-state index contributed by atoms with van der Waals surface area (Å²) in [5, 5.41) is 2.80. The first-order valence-corrected chi connectivity index (χ1v) is 7.87. The van der Waals surface area contributed by atoms with Crippen molar-refractivity contribution in [2.75, 3.05) is 18.9 Å². The molecular formula is C17H27N3O. The summed E-state index contributed by atoms with van der Waals surface area (Å²) in [6.45, 7) is 3.25. The fourth-order valence-corrected chi connectivity index (χ4v) is 3.35. The Balaban J connectivity index is 1.95. The third-order valence-corrected chi connectivity index (χ3v) is 4.44. The maximum Gasteiger partial charge on any atom is 0.221 e. The minimum absolute atomic E-state index is 0.0344. The molecule has 0 spiro atoms. The topological polar surface area (TPSA) is 58.4 Å². The Morgan fingerprint density at radius 1 is 1.29 bits per heavy atom. The molecule has 0 aromatic heterocycles. The monoisotopic (exact) mass is 289 g/mol. The zero-order valence-electron chi connectivity index (χ0n) is 13.1. The number of carbonyl (C=O) groups is 1. The van der Waals surface area contributed by atoms with Crippen molar-refractivity contribution in [3.8, 4) is 0 Å². The molecule has 0 aliphatic heterocycles. The molecule has 0 radical (unpaired) electrons. The van der Waals surface area contributed by atoms with Gasteiger partial charge in [0, 0.05) is 25.2 Å². The van der Waals surface area contributed by atoms with E-state index >= 15 is 0 Å². The average Bonchev–Trinajstić information content (AvgIpc) is 2.48. The number of nitrogens with zero attached hydrogens (tertiary/aromatic N) is 1. The molecule has 1 aromatic carbocycles. The van der Waals surface area contributed by atoms with Gasteiger partial charge < -0.3 is 11.1 Å². The molecule has 1 aliphatic carbocycles. The molecular weight excluding hydrogens is 262 g/mol. The third-order valence-electron chi connectivity index (χ3n) is 4.44. The highest BCUT2D eigenvalue weighted by Gasteiger charge is 2.27. The standard InChI is InChI=1S/C17H27N3O/c1-13(21)19-16-9-7-14(8-10-16)12-20(2)17-6-4-3-5-15(17)11-18/h7-10,15,17H,3-6,11-12,18H2,1-2H3,(H,19,21). The van der Waals surface area contributed by atoms with E-state index in [2.05, 4.69) is 29.4 Å². The van der Waals surface area contributed by atoms with Gasteiger partial charge >= 0.3 is 0 Å². The Hall–Kier alpha value is -1.39. The number of hydrogen-bond acceptors (Lipinski definition) is 3. The van der Waals surface area contributed by atoms with E-state index in [4.69, 9.17) is 5.73 Å². The molecule has 2 unspecified atom stereocenters. The molecule has 3 N–H and O–H groups in total. The van der Waals surface area contributed by atoms with E-state index in [0.717, 1.165) is 18.8 Å². The van der Waals surface area contributed by atoms with Crippen LogP contribution in [-0.4, -0.2) is 30.4 Å². The second-order valence-electron chi connectivity index (χ2n) is 6.14. The number of hydrogen-bond donors (Lipinski definition) is 2. The van der Waals surface area contributed by atoms with E-state index in [9.17, 15) is 4.79 Å². The fraction of sp³-hybridized carbons (Fsp3) is 0.588. The van der Waals surface area contributed by atoms with Crippen LogP contribution >= 0.6 is 0 Å². The van der Waals surface area contributed by atoms with Crippen molar-refractivity contribution in [1.82, 2.24) is 4.90 Å². The number of nitrogens with one attached hydrogen (secondary N) is 1. The lowest BCUT2D eigenvalue weighted by atomic mass is 9.83. The highest BCUT2D eigenvalue weighted by Crippen LogP contribution is 2.28. The Kier molecular flexibility index (Phi) is 5.76. The Bertz CT molecular complexity index is 458. The average molecular weight is 289 g/mol. The van der Waals surface area contributed by atoms with Crippen molar-refractivity contribution in [3.05, 3.63) is 29.8 Å². The second-order valence-corrected chi connectivity index (χ2v) is 6.14. The van der Waals surface area contributed by atoms with Gasteiger partial charge in [0.25, 0.3) is 0 Å². The number of carbonyl (C=O) groups excluding carboxylic acids is 1. The summed E-state index contributed by atoms with van der Waals surface area (Å²) in [7, 11) is 2.19. The largest absolute Gasteiger partial charge is 0.330 e. The minimum atomic E-state index is -0.0344. The van der Waals surface area contributed by atoms with Crippen LogP contribution in [0.4, 0.5) is 5.69 Å². The molecule has 0 saturated heterocycles. The molecule has 1 fully saturated rings. The van der Waals surface area contributed by atoms with Gasteiger partial charge in [-0.2, -0.15) is 0 Å². The van der Waals surface area contributed by atoms with Crippen LogP contribution in [0, 0.1) is 5.92 Å². The van der Waals surface area contributed by atoms with Crippen molar-refractivity contribution in [3.63, 3.8) is 0 Å². The van der Waals surface area contributed by atoms with E-state index in [-0.39, 0.29) is 5.91 Å². The normalized spacial score (nSPS) is 22.3. The van der Waals surface area contributed by atoms with Crippen LogP contribution in [0.15, 0.2) is 24.3 Å². The first-order chi connectivity index (χ1) is 10.1. The summed E-state index contributed by atoms with van der Waals surface area (Å²) < 4.78 is 0. The second kappa shape index (κ2) is 7.57. The van der Waals surface area contributed by atoms with Crippen LogP contribution < -0.4 is 11.1 Å². The van der Waals surface area contributed by atoms with Crippen molar-refractivity contribution in [2.45, 2.75) is 45.2 Å². The van der Waals surface area contributed by atoms with Gasteiger partial charge in [-0.1, -0.05) is 25.0 Å². The molecule has 1 aliphatic rings. The lowest BCUT2D eigenvalue weighted by Crippen LogP contribution is -2.42. The van der Waals surface area contributed by atoms with Crippen LogP contribution in [0.25, 0.3) is 0 Å². The quantitative estimate of drug-likeness (QED) is 0.876. The van der Waals surface area contributed by atoms with Gasteiger partial charge in [0.2, 0.25) is 5.91 Å². The first-order valence-electron chi connectivity index (χ1n) is 7.87. The van der Waals surface area contributed by atoms with E-state index < -0.39 is 0 Å². The number of rotatable bonds is 5. The summed E-state index contributed by atoms with van der Waals surface area (Å²) >= 11 is 0. The molecule has 2 rings (SSSR count). The minimum Gasteiger partial charge on any atom is -0.330 e. The Labute approximate surface area is 127 Å². The van der Waals surface area contributed by atoms with Crippen molar-refractivity contribution >= 4 is 11.6 Å². The molecule has 0 bridgehead atoms. The van der Waals surface area contributed by atoms with Crippen molar-refractivity contribution in [2.24, 2.45) is 11.7 Å². The summed E-state index contributed by atoms with van der Waals surface area (Å²) in [6, 6.07) is 8.70. The lowest BCUT2D eigenvalue weighted by Gasteiger charge is -2.37. The molecule has 1 amide bonds. The number of benzene rings is 1. The number of nitrogens with two attached hydrogens (primary N) is 1. The van der Waals surface area contributed by atoms with Crippen LogP contribution in [0.3, 0.4) is 0 Å². The predicted molar refractivity (Wildman–Crippen MR) is 87.0 cm³/mol. The van der Waals surface area contributed by atoms with Crippen molar-refractivity contribution < 1.29 is 4.79 Å².